The lowest BCUT2D eigenvalue weighted by Crippen LogP contribution is -2.08. The molecule has 38 valence electrons. The number of amides is 1. The molecule has 0 spiro atoms. The van der Waals surface area contributed by atoms with Crippen molar-refractivity contribution in [1.82, 2.24) is 4.31 Å². The van der Waals surface area contributed by atoms with Crippen LogP contribution in [0, 0.1) is 0 Å². The van der Waals surface area contributed by atoms with E-state index in [0.717, 1.165) is 0 Å². The summed E-state index contributed by atoms with van der Waals surface area (Å²) in [5.41, 5.74) is 0. The first kappa shape index (κ1) is 4.64. The fourth-order valence-corrected chi connectivity index (χ4v) is 0.524. The van der Waals surface area contributed by atoms with Gasteiger partial charge < -0.3 is 0 Å². The molecule has 1 aliphatic heterocycles. The van der Waals surface area contributed by atoms with Gasteiger partial charge in [0.1, 0.15) is 12.9 Å². The average molecular weight is 116 g/mol. The molecule has 0 atom stereocenters. The van der Waals surface area contributed by atoms with Crippen LogP contribution >= 0.6 is 12.8 Å². The van der Waals surface area contributed by atoms with Crippen LogP contribution in [0.4, 0.5) is 0 Å². The smallest absolute Gasteiger partial charge is 0.267 e. The van der Waals surface area contributed by atoms with Gasteiger partial charge in [-0.3, -0.25) is 9.10 Å². The van der Waals surface area contributed by atoms with Crippen molar-refractivity contribution >= 4 is 25.1 Å². The molecule has 0 unspecified atom stereocenters. The normalized spacial score (nSPS) is 19.0. The highest BCUT2D eigenvalue weighted by atomic mass is 32.1. The maximum Gasteiger partial charge on any atom is 0.267 e. The van der Waals surface area contributed by atoms with E-state index in [1.54, 1.807) is 0 Å². The van der Waals surface area contributed by atoms with Crippen LogP contribution in [0.5, 0.6) is 0 Å². The van der Waals surface area contributed by atoms with Crippen molar-refractivity contribution in [3.8, 4) is 0 Å². The number of carbonyl (C=O) groups is 1. The minimum absolute atomic E-state index is 0.130. The number of carbonyl (C=O) groups excluding carboxylic acids is 1. The van der Waals surface area contributed by atoms with Crippen LogP contribution in [0.25, 0.3) is 0 Å². The van der Waals surface area contributed by atoms with Crippen LogP contribution in [0.1, 0.15) is 0 Å². The van der Waals surface area contributed by atoms with Gasteiger partial charge in [0.2, 0.25) is 0 Å². The van der Waals surface area contributed by atoms with Gasteiger partial charge >= 0.3 is 0 Å². The lowest BCUT2D eigenvalue weighted by Gasteiger charge is -1.96. The summed E-state index contributed by atoms with van der Waals surface area (Å²) in [5.74, 6) is -0.130. The van der Waals surface area contributed by atoms with E-state index < -0.39 is 0 Å². The zero-order chi connectivity index (χ0) is 5.28. The Bertz CT molecular complexity index is 122. The number of aliphatic imine (C=N–C) groups is 1. The lowest BCUT2D eigenvalue weighted by molar-refractivity contribution is -0.116. The van der Waals surface area contributed by atoms with Crippen molar-refractivity contribution in [2.45, 2.75) is 0 Å². The standard InChI is InChI=1S/C3H4N2OS/c6-3-1-5(7)2-4-3/h2,7H,1H2. The second-order valence-corrected chi connectivity index (χ2v) is 1.75. The summed E-state index contributed by atoms with van der Waals surface area (Å²) < 4.78 is 1.43. The second-order valence-electron chi connectivity index (χ2n) is 1.24. The van der Waals surface area contributed by atoms with E-state index in [9.17, 15) is 4.79 Å². The molecule has 4 heteroatoms. The topological polar surface area (TPSA) is 32.7 Å². The van der Waals surface area contributed by atoms with Crippen LogP contribution in [0.15, 0.2) is 4.99 Å². The Morgan fingerprint density at radius 3 is 2.86 bits per heavy atom. The zero-order valence-corrected chi connectivity index (χ0v) is 4.43. The van der Waals surface area contributed by atoms with Crippen LogP contribution < -0.4 is 0 Å². The van der Waals surface area contributed by atoms with Crippen LogP contribution in [0.2, 0.25) is 0 Å². The summed E-state index contributed by atoms with van der Waals surface area (Å²) in [4.78, 5) is 13.6. The Labute approximate surface area is 46.6 Å². The van der Waals surface area contributed by atoms with Gasteiger partial charge in [0.25, 0.3) is 5.91 Å². The van der Waals surface area contributed by atoms with Crippen LogP contribution in [-0.2, 0) is 4.79 Å². The van der Waals surface area contributed by atoms with Crippen molar-refractivity contribution in [3.05, 3.63) is 0 Å². The third-order valence-electron chi connectivity index (χ3n) is 0.632. The van der Waals surface area contributed by atoms with Gasteiger partial charge in [0.15, 0.2) is 0 Å². The predicted octanol–water partition coefficient (Wildman–Crippen LogP) is -0.298. The molecule has 7 heavy (non-hydrogen) atoms. The van der Waals surface area contributed by atoms with E-state index in [2.05, 4.69) is 17.8 Å². The first-order valence-corrected chi connectivity index (χ1v) is 2.21. The first-order chi connectivity index (χ1) is 3.29. The third-order valence-corrected chi connectivity index (χ3v) is 0.877. The maximum atomic E-state index is 10.2. The van der Waals surface area contributed by atoms with Crippen molar-refractivity contribution < 1.29 is 4.79 Å². The molecule has 0 saturated carbocycles. The van der Waals surface area contributed by atoms with Crippen molar-refractivity contribution in [2.75, 3.05) is 6.54 Å². The summed E-state index contributed by atoms with van der Waals surface area (Å²) >= 11 is 3.81. The van der Waals surface area contributed by atoms with Gasteiger partial charge in [-0.05, 0) is 0 Å². The molecule has 0 aliphatic carbocycles. The SMILES string of the molecule is O=C1CN(S)C=N1. The molecular weight excluding hydrogens is 112 g/mol. The Hall–Kier alpha value is -0.510. The van der Waals surface area contributed by atoms with E-state index in [1.165, 1.54) is 10.6 Å². The minimum Gasteiger partial charge on any atom is -0.300 e. The summed E-state index contributed by atoms with van der Waals surface area (Å²) in [6.07, 6.45) is 1.39. The van der Waals surface area contributed by atoms with Gasteiger partial charge in [-0.25, -0.2) is 4.99 Å². The molecule has 0 saturated heterocycles. The van der Waals surface area contributed by atoms with E-state index in [4.69, 9.17) is 0 Å². The molecule has 3 nitrogen and oxygen atoms in total. The Morgan fingerprint density at radius 1 is 2.00 bits per heavy atom. The maximum absolute atomic E-state index is 10.2. The highest BCUT2D eigenvalue weighted by Crippen LogP contribution is 1.95. The van der Waals surface area contributed by atoms with E-state index >= 15 is 0 Å². The first-order valence-electron chi connectivity index (χ1n) is 1.81. The average Bonchev–Trinajstić information content (AvgIpc) is 1.87. The Balaban J connectivity index is 2.58. The van der Waals surface area contributed by atoms with Gasteiger partial charge in [-0.2, -0.15) is 0 Å². The summed E-state index contributed by atoms with van der Waals surface area (Å²) in [7, 11) is 0. The number of hydrogen-bond donors (Lipinski definition) is 1. The van der Waals surface area contributed by atoms with E-state index in [0.29, 0.717) is 6.54 Å². The predicted molar refractivity (Wildman–Crippen MR) is 29.2 cm³/mol. The number of hydrogen-bond acceptors (Lipinski definition) is 3. The molecule has 0 aromatic rings. The van der Waals surface area contributed by atoms with Gasteiger partial charge in [0.05, 0.1) is 0 Å². The molecule has 0 bridgehead atoms. The van der Waals surface area contributed by atoms with Crippen LogP contribution in [0.3, 0.4) is 0 Å². The van der Waals surface area contributed by atoms with Gasteiger partial charge in [-0.1, -0.05) is 12.8 Å². The summed E-state index contributed by atoms with van der Waals surface area (Å²) in [6, 6.07) is 0. The third kappa shape index (κ3) is 0.928. The minimum atomic E-state index is -0.130. The highest BCUT2D eigenvalue weighted by molar-refractivity contribution is 7.78. The molecule has 1 aliphatic rings. The molecule has 1 rings (SSSR count). The summed E-state index contributed by atoms with van der Waals surface area (Å²) in [6.45, 7) is 0.309. The van der Waals surface area contributed by atoms with E-state index in [1.807, 2.05) is 0 Å². The highest BCUT2D eigenvalue weighted by Gasteiger charge is 2.07. The molecule has 0 aromatic carbocycles. The van der Waals surface area contributed by atoms with Crippen molar-refractivity contribution in [2.24, 2.45) is 4.99 Å². The number of nitrogens with zero attached hydrogens (tertiary/aromatic N) is 2. The largest absolute Gasteiger partial charge is 0.300 e. The number of rotatable bonds is 0. The second kappa shape index (κ2) is 1.54. The fraction of sp³-hybridized carbons (Fsp3) is 0.333. The van der Waals surface area contributed by atoms with E-state index in [-0.39, 0.29) is 5.91 Å². The fourth-order valence-electron chi connectivity index (χ4n) is 0.351. The van der Waals surface area contributed by atoms with Gasteiger partial charge in [-0.15, -0.1) is 0 Å². The molecule has 0 fully saturated rings. The van der Waals surface area contributed by atoms with Crippen LogP contribution in [-0.4, -0.2) is 23.1 Å². The number of thiol groups is 1. The van der Waals surface area contributed by atoms with Crippen molar-refractivity contribution in [1.29, 1.82) is 0 Å². The molecular formula is C3H4N2OS. The Kier molecular flexibility index (Phi) is 1.02. The zero-order valence-electron chi connectivity index (χ0n) is 3.53. The monoisotopic (exact) mass is 116 g/mol. The van der Waals surface area contributed by atoms with Crippen molar-refractivity contribution in [3.63, 3.8) is 0 Å². The van der Waals surface area contributed by atoms with Gasteiger partial charge in [0, 0.05) is 0 Å². The Morgan fingerprint density at radius 2 is 2.71 bits per heavy atom. The molecule has 0 aromatic heterocycles. The summed E-state index contributed by atoms with van der Waals surface area (Å²) in [5, 5.41) is 0. The molecule has 1 amide bonds. The quantitative estimate of drug-likeness (QED) is 0.441. The molecule has 0 radical (unpaired) electrons. The molecule has 1 heterocycles. The lowest BCUT2D eigenvalue weighted by atomic mass is 10.7. The molecule has 0 N–H and O–H groups in total.